The van der Waals surface area contributed by atoms with E-state index in [1.165, 1.54) is 89.9 Å². The van der Waals surface area contributed by atoms with Crippen molar-refractivity contribution < 1.29 is 4.43 Å². The molecular formula is C28H55OSi. The second-order valence-electron chi connectivity index (χ2n) is 10.4. The Labute approximate surface area is 192 Å². The van der Waals surface area contributed by atoms with Crippen LogP contribution < -0.4 is 0 Å². The molecule has 0 saturated carbocycles. The van der Waals surface area contributed by atoms with Crippen molar-refractivity contribution in [2.24, 2.45) is 0 Å². The van der Waals surface area contributed by atoms with Gasteiger partial charge >= 0.3 is 0 Å². The van der Waals surface area contributed by atoms with E-state index in [1.807, 2.05) is 0 Å². The van der Waals surface area contributed by atoms with Crippen LogP contribution in [0.15, 0.2) is 24.3 Å². The molecule has 0 aromatic carbocycles. The molecule has 0 aromatic heterocycles. The average molecular weight is 436 g/mol. The molecule has 0 unspecified atom stereocenters. The van der Waals surface area contributed by atoms with Gasteiger partial charge in [-0.2, -0.15) is 0 Å². The molecule has 2 heteroatoms. The predicted octanol–water partition coefficient (Wildman–Crippen LogP) is 10.2. The number of hydrogen-bond acceptors (Lipinski definition) is 1. The minimum atomic E-state index is -1.54. The Morgan fingerprint density at radius 3 is 1.70 bits per heavy atom. The van der Waals surface area contributed by atoms with Gasteiger partial charge in [-0.3, -0.25) is 0 Å². The van der Waals surface area contributed by atoms with Crippen molar-refractivity contribution in [2.45, 2.75) is 142 Å². The topological polar surface area (TPSA) is 9.23 Å². The Kier molecular flexibility index (Phi) is 19.1. The fourth-order valence-electron chi connectivity index (χ4n) is 3.19. The summed E-state index contributed by atoms with van der Waals surface area (Å²) in [6, 6.07) is 0. The van der Waals surface area contributed by atoms with E-state index < -0.39 is 8.32 Å². The van der Waals surface area contributed by atoms with Crippen LogP contribution in [0, 0.1) is 6.42 Å². The molecule has 0 rings (SSSR count). The highest BCUT2D eigenvalue weighted by molar-refractivity contribution is 6.74. The summed E-state index contributed by atoms with van der Waals surface area (Å²) >= 11 is 0. The SMILES string of the molecule is CCCCC/C=C\C/C=C\CCCCCCCC[CH]CCCO[Si](C)(C)C(C)(C)C. The van der Waals surface area contributed by atoms with Gasteiger partial charge in [0, 0.05) is 6.61 Å². The van der Waals surface area contributed by atoms with Crippen molar-refractivity contribution in [3.05, 3.63) is 30.7 Å². The fraction of sp³-hybridized carbons (Fsp3) is 0.821. The van der Waals surface area contributed by atoms with E-state index in [-0.39, 0.29) is 0 Å². The molecule has 0 aromatic rings. The van der Waals surface area contributed by atoms with E-state index >= 15 is 0 Å². The minimum absolute atomic E-state index is 0.331. The maximum absolute atomic E-state index is 6.24. The summed E-state index contributed by atoms with van der Waals surface area (Å²) in [4.78, 5) is 0. The van der Waals surface area contributed by atoms with Gasteiger partial charge in [0.25, 0.3) is 0 Å². The lowest BCUT2D eigenvalue weighted by Crippen LogP contribution is -2.40. The molecular weight excluding hydrogens is 380 g/mol. The standard InChI is InChI=1S/C28H55OSi/c1-7-8-9-10-11-12-13-14-15-16-17-18-19-20-21-22-23-24-25-26-27-29-30(5,6)28(2,3)4/h11-12,14-15,24H,7-10,13,16-23,25-27H2,1-6H3/b12-11-,15-14-. The van der Waals surface area contributed by atoms with Crippen molar-refractivity contribution >= 4 is 8.32 Å². The summed E-state index contributed by atoms with van der Waals surface area (Å²) in [7, 11) is -1.54. The molecule has 0 spiro atoms. The third kappa shape index (κ3) is 18.4. The molecule has 0 N–H and O–H groups in total. The Balaban J connectivity index is 3.29. The highest BCUT2D eigenvalue weighted by atomic mass is 28.4. The first kappa shape index (κ1) is 29.7. The molecule has 0 saturated heterocycles. The Bertz CT molecular complexity index is 417. The third-order valence-corrected chi connectivity index (χ3v) is 11.0. The lowest BCUT2D eigenvalue weighted by Gasteiger charge is -2.36. The summed E-state index contributed by atoms with van der Waals surface area (Å²) in [6.07, 6.45) is 31.6. The first-order chi connectivity index (χ1) is 14.3. The molecule has 0 aliphatic heterocycles. The molecule has 0 heterocycles. The van der Waals surface area contributed by atoms with E-state index in [0.717, 1.165) is 13.0 Å². The van der Waals surface area contributed by atoms with Crippen LogP contribution >= 0.6 is 0 Å². The van der Waals surface area contributed by atoms with Gasteiger partial charge in [0.15, 0.2) is 8.32 Å². The minimum Gasteiger partial charge on any atom is -0.417 e. The predicted molar refractivity (Wildman–Crippen MR) is 141 cm³/mol. The zero-order chi connectivity index (χ0) is 22.6. The molecule has 177 valence electrons. The van der Waals surface area contributed by atoms with Gasteiger partial charge in [0.05, 0.1) is 0 Å². The maximum Gasteiger partial charge on any atom is 0.191 e. The van der Waals surface area contributed by atoms with E-state index in [0.29, 0.717) is 5.04 Å². The lowest BCUT2D eigenvalue weighted by atomic mass is 10.1. The van der Waals surface area contributed by atoms with Gasteiger partial charge in [-0.05, 0) is 69.5 Å². The largest absolute Gasteiger partial charge is 0.417 e. The second kappa shape index (κ2) is 19.4. The van der Waals surface area contributed by atoms with Crippen LogP contribution in [0.2, 0.25) is 18.1 Å². The lowest BCUT2D eigenvalue weighted by molar-refractivity contribution is 0.281. The van der Waals surface area contributed by atoms with Crippen molar-refractivity contribution in [1.29, 1.82) is 0 Å². The number of allylic oxidation sites excluding steroid dienone is 4. The Morgan fingerprint density at radius 2 is 1.13 bits per heavy atom. The van der Waals surface area contributed by atoms with Gasteiger partial charge in [-0.1, -0.05) is 103 Å². The molecule has 1 radical (unpaired) electrons. The molecule has 0 fully saturated rings. The fourth-order valence-corrected chi connectivity index (χ4v) is 4.28. The quantitative estimate of drug-likeness (QED) is 0.105. The normalized spacial score (nSPS) is 13.1. The third-order valence-electron chi connectivity index (χ3n) is 6.43. The average Bonchev–Trinajstić information content (AvgIpc) is 2.68. The smallest absolute Gasteiger partial charge is 0.191 e. The summed E-state index contributed by atoms with van der Waals surface area (Å²) in [5.74, 6) is 0. The van der Waals surface area contributed by atoms with Crippen molar-refractivity contribution in [3.8, 4) is 0 Å². The van der Waals surface area contributed by atoms with Crippen LogP contribution in [0.25, 0.3) is 0 Å². The Hall–Kier alpha value is -0.343. The van der Waals surface area contributed by atoms with Gasteiger partial charge in [0.2, 0.25) is 0 Å². The second-order valence-corrected chi connectivity index (χ2v) is 15.2. The van der Waals surface area contributed by atoms with Crippen LogP contribution in [-0.4, -0.2) is 14.9 Å². The molecule has 1 nitrogen and oxygen atoms in total. The summed E-state index contributed by atoms with van der Waals surface area (Å²) < 4.78 is 6.24. The number of unbranched alkanes of at least 4 members (excludes halogenated alkanes) is 13. The summed E-state index contributed by atoms with van der Waals surface area (Å²) in [5.41, 5.74) is 0. The van der Waals surface area contributed by atoms with E-state index in [2.05, 4.69) is 71.5 Å². The molecule has 0 amide bonds. The van der Waals surface area contributed by atoms with Gasteiger partial charge < -0.3 is 4.43 Å². The van der Waals surface area contributed by atoms with Gasteiger partial charge in [-0.15, -0.1) is 0 Å². The maximum atomic E-state index is 6.24. The zero-order valence-corrected chi connectivity index (χ0v) is 22.6. The molecule has 0 atom stereocenters. The van der Waals surface area contributed by atoms with Gasteiger partial charge in [0.1, 0.15) is 0 Å². The molecule has 0 aliphatic rings. The van der Waals surface area contributed by atoms with Crippen LogP contribution in [0.3, 0.4) is 0 Å². The molecule has 30 heavy (non-hydrogen) atoms. The summed E-state index contributed by atoms with van der Waals surface area (Å²) in [6.45, 7) is 14.9. The van der Waals surface area contributed by atoms with E-state index in [1.54, 1.807) is 0 Å². The van der Waals surface area contributed by atoms with E-state index in [9.17, 15) is 0 Å². The van der Waals surface area contributed by atoms with Crippen LogP contribution in [-0.2, 0) is 4.43 Å². The zero-order valence-electron chi connectivity index (χ0n) is 21.6. The van der Waals surface area contributed by atoms with Crippen LogP contribution in [0.1, 0.15) is 124 Å². The number of hydrogen-bond donors (Lipinski definition) is 0. The van der Waals surface area contributed by atoms with Crippen molar-refractivity contribution in [3.63, 3.8) is 0 Å². The van der Waals surface area contributed by atoms with Crippen molar-refractivity contribution in [1.82, 2.24) is 0 Å². The molecule has 0 aliphatic carbocycles. The van der Waals surface area contributed by atoms with Crippen molar-refractivity contribution in [2.75, 3.05) is 6.61 Å². The first-order valence-electron chi connectivity index (χ1n) is 13.1. The monoisotopic (exact) mass is 435 g/mol. The van der Waals surface area contributed by atoms with E-state index in [4.69, 9.17) is 4.43 Å². The highest BCUT2D eigenvalue weighted by Gasteiger charge is 2.36. The van der Waals surface area contributed by atoms with Crippen LogP contribution in [0.5, 0.6) is 0 Å². The highest BCUT2D eigenvalue weighted by Crippen LogP contribution is 2.36. The van der Waals surface area contributed by atoms with Crippen LogP contribution in [0.4, 0.5) is 0 Å². The Morgan fingerprint density at radius 1 is 0.633 bits per heavy atom. The van der Waals surface area contributed by atoms with Gasteiger partial charge in [-0.25, -0.2) is 0 Å². The first-order valence-corrected chi connectivity index (χ1v) is 16.0. The number of rotatable bonds is 20. The molecule has 0 bridgehead atoms. The summed E-state index contributed by atoms with van der Waals surface area (Å²) in [5, 5.41) is 0.331.